The molecule has 0 saturated heterocycles. The Morgan fingerprint density at radius 1 is 0.760 bits per heavy atom. The fraction of sp³-hybridized carbons (Fsp3) is 0.130. The number of ether oxygens (including phenoxy) is 1. The van der Waals surface area contributed by atoms with Crippen molar-refractivity contribution < 1.29 is 4.74 Å². The fourth-order valence-corrected chi connectivity index (χ4v) is 3.41. The van der Waals surface area contributed by atoms with Gasteiger partial charge in [-0.3, -0.25) is 0 Å². The number of allylic oxidation sites excluding steroid dienone is 1. The second kappa shape index (κ2) is 8.34. The summed E-state index contributed by atoms with van der Waals surface area (Å²) in [6.07, 6.45) is 0.970. The topological polar surface area (TPSA) is 9.23 Å². The first kappa shape index (κ1) is 17.7. The SMILES string of the molecule is CC/C(=C(/c1ccc(I)cc1)c1ccc(OC)cc1)c1ccccc1. The molecule has 0 aliphatic carbocycles. The van der Waals surface area contributed by atoms with Crippen LogP contribution in [-0.2, 0) is 0 Å². The maximum absolute atomic E-state index is 5.32. The van der Waals surface area contributed by atoms with Gasteiger partial charge in [-0.15, -0.1) is 0 Å². The molecule has 3 rings (SSSR count). The van der Waals surface area contributed by atoms with Crippen molar-refractivity contribution in [2.45, 2.75) is 13.3 Å². The van der Waals surface area contributed by atoms with Crippen molar-refractivity contribution >= 4 is 33.7 Å². The molecule has 25 heavy (non-hydrogen) atoms. The van der Waals surface area contributed by atoms with Gasteiger partial charge in [0.25, 0.3) is 0 Å². The Balaban J connectivity index is 2.23. The van der Waals surface area contributed by atoms with E-state index in [1.807, 2.05) is 12.1 Å². The zero-order valence-electron chi connectivity index (χ0n) is 14.5. The van der Waals surface area contributed by atoms with Gasteiger partial charge in [0.1, 0.15) is 5.75 Å². The highest BCUT2D eigenvalue weighted by Gasteiger charge is 2.13. The molecule has 0 aliphatic heterocycles. The molecule has 0 atom stereocenters. The average molecular weight is 440 g/mol. The van der Waals surface area contributed by atoms with Crippen LogP contribution in [-0.4, -0.2) is 7.11 Å². The van der Waals surface area contributed by atoms with E-state index in [4.69, 9.17) is 4.74 Å². The van der Waals surface area contributed by atoms with E-state index in [2.05, 4.69) is 96.2 Å². The molecule has 0 spiro atoms. The summed E-state index contributed by atoms with van der Waals surface area (Å²) in [5.74, 6) is 0.878. The Kier molecular flexibility index (Phi) is 5.92. The van der Waals surface area contributed by atoms with Crippen molar-refractivity contribution in [3.63, 3.8) is 0 Å². The van der Waals surface area contributed by atoms with Gasteiger partial charge in [-0.25, -0.2) is 0 Å². The molecule has 0 aliphatic rings. The molecule has 0 unspecified atom stereocenters. The van der Waals surface area contributed by atoms with Crippen LogP contribution in [0.3, 0.4) is 0 Å². The summed E-state index contributed by atoms with van der Waals surface area (Å²) in [5.41, 5.74) is 6.36. The lowest BCUT2D eigenvalue weighted by atomic mass is 9.88. The number of halogens is 1. The Hall–Kier alpha value is -2.07. The highest BCUT2D eigenvalue weighted by atomic mass is 127. The van der Waals surface area contributed by atoms with Crippen LogP contribution in [0.4, 0.5) is 0 Å². The second-order valence-electron chi connectivity index (χ2n) is 5.81. The zero-order chi connectivity index (χ0) is 17.6. The summed E-state index contributed by atoms with van der Waals surface area (Å²) >= 11 is 2.35. The number of hydrogen-bond acceptors (Lipinski definition) is 1. The van der Waals surface area contributed by atoms with Gasteiger partial charge in [-0.05, 0) is 81.1 Å². The van der Waals surface area contributed by atoms with E-state index in [1.54, 1.807) is 7.11 Å². The van der Waals surface area contributed by atoms with Crippen molar-refractivity contribution in [3.8, 4) is 5.75 Å². The molecule has 2 heteroatoms. The van der Waals surface area contributed by atoms with Crippen molar-refractivity contribution in [2.24, 2.45) is 0 Å². The number of hydrogen-bond donors (Lipinski definition) is 0. The molecule has 0 heterocycles. The van der Waals surface area contributed by atoms with Crippen LogP contribution in [0.2, 0.25) is 0 Å². The molecular formula is C23H21IO. The first-order valence-electron chi connectivity index (χ1n) is 8.42. The summed E-state index contributed by atoms with van der Waals surface area (Å²) in [5, 5.41) is 0. The quantitative estimate of drug-likeness (QED) is 0.318. The molecule has 0 bridgehead atoms. The van der Waals surface area contributed by atoms with E-state index in [0.717, 1.165) is 12.2 Å². The minimum Gasteiger partial charge on any atom is -0.497 e. The molecule has 0 fully saturated rings. The lowest BCUT2D eigenvalue weighted by Crippen LogP contribution is -1.95. The molecule has 0 N–H and O–H groups in total. The van der Waals surface area contributed by atoms with Crippen molar-refractivity contribution in [1.82, 2.24) is 0 Å². The van der Waals surface area contributed by atoms with Gasteiger partial charge in [0, 0.05) is 3.57 Å². The lowest BCUT2D eigenvalue weighted by molar-refractivity contribution is 0.415. The predicted octanol–water partition coefficient (Wildman–Crippen LogP) is 6.67. The zero-order valence-corrected chi connectivity index (χ0v) is 16.7. The largest absolute Gasteiger partial charge is 0.497 e. The highest BCUT2D eigenvalue weighted by Crippen LogP contribution is 2.35. The predicted molar refractivity (Wildman–Crippen MR) is 115 cm³/mol. The Labute approximate surface area is 163 Å². The smallest absolute Gasteiger partial charge is 0.118 e. The van der Waals surface area contributed by atoms with Crippen LogP contribution in [0.25, 0.3) is 11.1 Å². The van der Waals surface area contributed by atoms with Gasteiger partial charge < -0.3 is 4.74 Å². The average Bonchev–Trinajstić information content (AvgIpc) is 2.68. The third kappa shape index (κ3) is 4.13. The van der Waals surface area contributed by atoms with E-state index in [0.29, 0.717) is 0 Å². The van der Waals surface area contributed by atoms with Crippen LogP contribution in [0.15, 0.2) is 78.9 Å². The van der Waals surface area contributed by atoms with E-state index >= 15 is 0 Å². The molecule has 126 valence electrons. The monoisotopic (exact) mass is 440 g/mol. The second-order valence-corrected chi connectivity index (χ2v) is 7.05. The highest BCUT2D eigenvalue weighted by molar-refractivity contribution is 14.1. The van der Waals surface area contributed by atoms with Crippen LogP contribution >= 0.6 is 22.6 Å². The first-order valence-corrected chi connectivity index (χ1v) is 9.49. The molecular weight excluding hydrogens is 419 g/mol. The Morgan fingerprint density at radius 2 is 1.32 bits per heavy atom. The normalized spacial score (nSPS) is 11.8. The summed E-state index contributed by atoms with van der Waals surface area (Å²) in [6, 6.07) is 27.7. The molecule has 3 aromatic carbocycles. The molecule has 0 saturated carbocycles. The maximum Gasteiger partial charge on any atom is 0.118 e. The molecule has 1 nitrogen and oxygen atoms in total. The van der Waals surface area contributed by atoms with E-state index < -0.39 is 0 Å². The van der Waals surface area contributed by atoms with Gasteiger partial charge in [0.15, 0.2) is 0 Å². The summed E-state index contributed by atoms with van der Waals surface area (Å²) in [6.45, 7) is 2.22. The Bertz CT molecular complexity index is 847. The van der Waals surface area contributed by atoms with Crippen LogP contribution in [0.5, 0.6) is 5.75 Å². The van der Waals surface area contributed by atoms with Crippen LogP contribution in [0, 0.1) is 3.57 Å². The first-order chi connectivity index (χ1) is 12.2. The minimum absolute atomic E-state index is 0.878. The molecule has 3 aromatic rings. The van der Waals surface area contributed by atoms with Crippen molar-refractivity contribution in [3.05, 3.63) is 99.1 Å². The minimum atomic E-state index is 0.878. The summed E-state index contributed by atoms with van der Waals surface area (Å²) in [7, 11) is 1.70. The number of methoxy groups -OCH3 is 1. The van der Waals surface area contributed by atoms with Crippen molar-refractivity contribution in [2.75, 3.05) is 7.11 Å². The fourth-order valence-electron chi connectivity index (χ4n) is 3.05. The molecule has 0 amide bonds. The van der Waals surface area contributed by atoms with Gasteiger partial charge >= 0.3 is 0 Å². The number of rotatable bonds is 5. The molecule has 0 radical (unpaired) electrons. The van der Waals surface area contributed by atoms with Gasteiger partial charge in [0.2, 0.25) is 0 Å². The molecule has 0 aromatic heterocycles. The standard InChI is InChI=1S/C23H21IO/c1-3-22(17-7-5-4-6-8-17)23(18-9-13-20(24)14-10-18)19-11-15-21(25-2)16-12-19/h4-16H,3H2,1-2H3/b23-22+. The maximum atomic E-state index is 5.32. The summed E-state index contributed by atoms with van der Waals surface area (Å²) in [4.78, 5) is 0. The third-order valence-corrected chi connectivity index (χ3v) is 5.01. The van der Waals surface area contributed by atoms with Crippen LogP contribution in [0.1, 0.15) is 30.0 Å². The van der Waals surface area contributed by atoms with Crippen molar-refractivity contribution in [1.29, 1.82) is 0 Å². The van der Waals surface area contributed by atoms with E-state index in [-0.39, 0.29) is 0 Å². The van der Waals surface area contributed by atoms with E-state index in [9.17, 15) is 0 Å². The van der Waals surface area contributed by atoms with Gasteiger partial charge in [-0.1, -0.05) is 61.5 Å². The van der Waals surface area contributed by atoms with Gasteiger partial charge in [0.05, 0.1) is 7.11 Å². The van der Waals surface area contributed by atoms with E-state index in [1.165, 1.54) is 31.4 Å². The third-order valence-electron chi connectivity index (χ3n) is 4.29. The van der Waals surface area contributed by atoms with Gasteiger partial charge in [-0.2, -0.15) is 0 Å². The summed E-state index contributed by atoms with van der Waals surface area (Å²) < 4.78 is 6.57. The number of benzene rings is 3. The van der Waals surface area contributed by atoms with Crippen LogP contribution < -0.4 is 4.74 Å². The Morgan fingerprint density at radius 3 is 1.84 bits per heavy atom. The lowest BCUT2D eigenvalue weighted by Gasteiger charge is -2.16.